The average molecular weight is 681 g/mol. The number of benzene rings is 12. The predicted octanol–water partition coefficient (Wildman–Crippen LogP) is 15.4. The maximum absolute atomic E-state index is 2.46. The highest BCUT2D eigenvalue weighted by Crippen LogP contribution is 2.49. The van der Waals surface area contributed by atoms with E-state index in [1.807, 2.05) is 0 Å². The SMILES string of the molecule is c1ccc2cc(-c3ccc4c(-c5ccc6ccc7cccc8ccc5c6c78)c5ccccc5c(-c5cc6ccccc6c6ccccc56)c4c3)ccc2c1. The van der Waals surface area contributed by atoms with Crippen molar-refractivity contribution in [2.24, 2.45) is 0 Å². The zero-order valence-electron chi connectivity index (χ0n) is 29.5. The monoisotopic (exact) mass is 680 g/mol. The van der Waals surface area contributed by atoms with Gasteiger partial charge in [0.1, 0.15) is 0 Å². The van der Waals surface area contributed by atoms with Crippen LogP contribution < -0.4 is 0 Å². The Morgan fingerprint density at radius 2 is 0.704 bits per heavy atom. The van der Waals surface area contributed by atoms with Gasteiger partial charge in [-0.1, -0.05) is 176 Å². The summed E-state index contributed by atoms with van der Waals surface area (Å²) in [5, 5.41) is 20.5. The summed E-state index contributed by atoms with van der Waals surface area (Å²) in [5.74, 6) is 0. The minimum Gasteiger partial charge on any atom is -0.0616 e. The molecule has 0 amide bonds. The van der Waals surface area contributed by atoms with Gasteiger partial charge in [-0.25, -0.2) is 0 Å². The maximum Gasteiger partial charge on any atom is -0.00197 e. The Bertz CT molecular complexity index is 3480. The van der Waals surface area contributed by atoms with Crippen LogP contribution in [0.2, 0.25) is 0 Å². The molecule has 0 N–H and O–H groups in total. The molecule has 0 spiro atoms. The van der Waals surface area contributed by atoms with Gasteiger partial charge in [-0.2, -0.15) is 0 Å². The molecule has 0 saturated heterocycles. The molecule has 0 aromatic heterocycles. The molecule has 0 unspecified atom stereocenters. The van der Waals surface area contributed by atoms with Crippen LogP contribution in [0.4, 0.5) is 0 Å². The fourth-order valence-electron chi connectivity index (χ4n) is 9.52. The topological polar surface area (TPSA) is 0 Å². The van der Waals surface area contributed by atoms with Crippen molar-refractivity contribution in [2.75, 3.05) is 0 Å². The zero-order valence-corrected chi connectivity index (χ0v) is 29.5. The van der Waals surface area contributed by atoms with E-state index >= 15 is 0 Å². The lowest BCUT2D eigenvalue weighted by molar-refractivity contribution is 1.67. The van der Waals surface area contributed by atoms with E-state index in [-0.39, 0.29) is 0 Å². The van der Waals surface area contributed by atoms with E-state index in [1.165, 1.54) is 120 Å². The lowest BCUT2D eigenvalue weighted by Gasteiger charge is -2.22. The number of hydrogen-bond donors (Lipinski definition) is 0. The average Bonchev–Trinajstić information content (AvgIpc) is 3.24. The van der Waals surface area contributed by atoms with Gasteiger partial charge in [0.15, 0.2) is 0 Å². The number of rotatable bonds is 3. The molecular formula is C54H32. The molecule has 0 heterocycles. The summed E-state index contributed by atoms with van der Waals surface area (Å²) < 4.78 is 0. The van der Waals surface area contributed by atoms with Crippen LogP contribution in [0.25, 0.3) is 120 Å². The van der Waals surface area contributed by atoms with E-state index in [2.05, 4.69) is 194 Å². The van der Waals surface area contributed by atoms with Gasteiger partial charge in [-0.15, -0.1) is 0 Å². The fraction of sp³-hybridized carbons (Fsp3) is 0. The predicted molar refractivity (Wildman–Crippen MR) is 234 cm³/mol. The Labute approximate surface area is 312 Å². The smallest absolute Gasteiger partial charge is 0.00197 e. The van der Waals surface area contributed by atoms with Gasteiger partial charge in [-0.05, 0) is 138 Å². The summed E-state index contributed by atoms with van der Waals surface area (Å²) in [6.45, 7) is 0. The quantitative estimate of drug-likeness (QED) is 0.129. The van der Waals surface area contributed by atoms with Crippen LogP contribution in [0, 0.1) is 0 Å². The first kappa shape index (κ1) is 29.5. The molecule has 0 nitrogen and oxygen atoms in total. The van der Waals surface area contributed by atoms with E-state index < -0.39 is 0 Å². The fourth-order valence-corrected chi connectivity index (χ4v) is 9.52. The van der Waals surface area contributed by atoms with Gasteiger partial charge in [0.25, 0.3) is 0 Å². The molecule has 0 aliphatic heterocycles. The van der Waals surface area contributed by atoms with Crippen LogP contribution in [0.5, 0.6) is 0 Å². The molecule has 0 saturated carbocycles. The lowest BCUT2D eigenvalue weighted by atomic mass is 9.81. The third-order valence-corrected chi connectivity index (χ3v) is 11.9. The van der Waals surface area contributed by atoms with Crippen LogP contribution in [0.15, 0.2) is 194 Å². The molecule has 0 radical (unpaired) electrons. The number of fused-ring (bicyclic) bond motifs is 6. The Balaban J connectivity index is 1.26. The normalized spacial score (nSPS) is 12.1. The van der Waals surface area contributed by atoms with Crippen molar-refractivity contribution in [3.63, 3.8) is 0 Å². The van der Waals surface area contributed by atoms with Gasteiger partial charge < -0.3 is 0 Å². The second-order valence-corrected chi connectivity index (χ2v) is 14.8. The van der Waals surface area contributed by atoms with Crippen LogP contribution >= 0.6 is 0 Å². The highest BCUT2D eigenvalue weighted by Gasteiger charge is 2.22. The van der Waals surface area contributed by atoms with Crippen molar-refractivity contribution < 1.29 is 0 Å². The van der Waals surface area contributed by atoms with Crippen LogP contribution in [-0.4, -0.2) is 0 Å². The summed E-state index contributed by atoms with van der Waals surface area (Å²) in [6.07, 6.45) is 0. The first-order chi connectivity index (χ1) is 26.8. The van der Waals surface area contributed by atoms with Gasteiger partial charge in [0.2, 0.25) is 0 Å². The molecule has 0 aliphatic rings. The van der Waals surface area contributed by atoms with Crippen molar-refractivity contribution in [1.29, 1.82) is 0 Å². The molecule has 0 heteroatoms. The second-order valence-electron chi connectivity index (χ2n) is 14.8. The van der Waals surface area contributed by atoms with Crippen molar-refractivity contribution in [3.8, 4) is 33.4 Å². The molecule has 12 aromatic rings. The minimum atomic E-state index is 1.22. The second kappa shape index (κ2) is 11.2. The van der Waals surface area contributed by atoms with Crippen molar-refractivity contribution in [1.82, 2.24) is 0 Å². The Kier molecular flexibility index (Phi) is 6.15. The summed E-state index contributed by atoms with van der Waals surface area (Å²) >= 11 is 0. The third-order valence-electron chi connectivity index (χ3n) is 11.9. The lowest BCUT2D eigenvalue weighted by Crippen LogP contribution is -1.94. The maximum atomic E-state index is 2.46. The summed E-state index contributed by atoms with van der Waals surface area (Å²) in [7, 11) is 0. The highest BCUT2D eigenvalue weighted by atomic mass is 14.2. The molecule has 248 valence electrons. The first-order valence-corrected chi connectivity index (χ1v) is 18.8. The molecule has 12 aromatic carbocycles. The van der Waals surface area contributed by atoms with Crippen LogP contribution in [0.3, 0.4) is 0 Å². The Hall–Kier alpha value is -7.02. The minimum absolute atomic E-state index is 1.22. The van der Waals surface area contributed by atoms with E-state index in [0.29, 0.717) is 0 Å². The van der Waals surface area contributed by atoms with Gasteiger partial charge in [0, 0.05) is 0 Å². The van der Waals surface area contributed by atoms with Crippen LogP contribution in [0.1, 0.15) is 0 Å². The zero-order chi connectivity index (χ0) is 35.3. The highest BCUT2D eigenvalue weighted by molar-refractivity contribution is 6.31. The molecule has 0 aliphatic carbocycles. The van der Waals surface area contributed by atoms with E-state index in [0.717, 1.165) is 0 Å². The summed E-state index contributed by atoms with van der Waals surface area (Å²) in [6, 6.07) is 72.6. The van der Waals surface area contributed by atoms with E-state index in [9.17, 15) is 0 Å². The summed E-state index contributed by atoms with van der Waals surface area (Å²) in [4.78, 5) is 0. The van der Waals surface area contributed by atoms with Crippen molar-refractivity contribution in [3.05, 3.63) is 194 Å². The number of hydrogen-bond acceptors (Lipinski definition) is 0. The van der Waals surface area contributed by atoms with Crippen molar-refractivity contribution in [2.45, 2.75) is 0 Å². The Morgan fingerprint density at radius 1 is 0.204 bits per heavy atom. The van der Waals surface area contributed by atoms with Crippen LogP contribution in [-0.2, 0) is 0 Å². The molecule has 54 heavy (non-hydrogen) atoms. The molecular weight excluding hydrogens is 649 g/mol. The van der Waals surface area contributed by atoms with E-state index in [1.54, 1.807) is 0 Å². The van der Waals surface area contributed by atoms with Crippen molar-refractivity contribution >= 4 is 86.2 Å². The van der Waals surface area contributed by atoms with Gasteiger partial charge in [0.05, 0.1) is 0 Å². The Morgan fingerprint density at radius 3 is 1.50 bits per heavy atom. The standard InChI is InChI=1S/C54H32/c1-2-11-37-30-38(23-20-33(37)10-1)39-26-29-48-50(31-39)54(49-32-40-12-3-4-15-41(40)42-16-5-6-17-43(42)49)45-19-8-7-18-44(45)53(48)47-28-25-36-22-21-34-13-9-14-35-24-27-46(47)52(36)51(34)35/h1-32H. The van der Waals surface area contributed by atoms with E-state index in [4.69, 9.17) is 0 Å². The first-order valence-electron chi connectivity index (χ1n) is 18.8. The van der Waals surface area contributed by atoms with Gasteiger partial charge >= 0.3 is 0 Å². The molecule has 0 fully saturated rings. The molecule has 12 rings (SSSR count). The summed E-state index contributed by atoms with van der Waals surface area (Å²) in [5.41, 5.74) is 7.56. The molecule has 0 atom stereocenters. The third kappa shape index (κ3) is 4.20. The largest absolute Gasteiger partial charge is 0.0616 e. The molecule has 0 bridgehead atoms. The van der Waals surface area contributed by atoms with Gasteiger partial charge in [-0.3, -0.25) is 0 Å².